The Kier molecular flexibility index (Phi) is 6.08. The average Bonchev–Trinajstić information content (AvgIpc) is 2.68. The van der Waals surface area contributed by atoms with Gasteiger partial charge in [-0.15, -0.1) is 0 Å². The van der Waals surface area contributed by atoms with E-state index in [1.807, 2.05) is 24.3 Å². The van der Waals surface area contributed by atoms with Crippen molar-refractivity contribution in [3.63, 3.8) is 0 Å². The molecule has 3 aromatic carbocycles. The Labute approximate surface area is 159 Å². The highest BCUT2D eigenvalue weighted by molar-refractivity contribution is 7.94. The maximum atomic E-state index is 13.1. The molecule has 0 aliphatic carbocycles. The summed E-state index contributed by atoms with van der Waals surface area (Å²) < 4.78 is 17.9. The van der Waals surface area contributed by atoms with E-state index in [-0.39, 0.29) is 11.4 Å². The number of anilines is 2. The van der Waals surface area contributed by atoms with Gasteiger partial charge in [0.2, 0.25) is 0 Å². The van der Waals surface area contributed by atoms with Crippen LogP contribution >= 0.6 is 12.0 Å². The summed E-state index contributed by atoms with van der Waals surface area (Å²) in [5.74, 6) is -1.40. The van der Waals surface area contributed by atoms with Gasteiger partial charge in [-0.25, -0.2) is 14.1 Å². The molecule has 0 radical (unpaired) electrons. The van der Waals surface area contributed by atoms with Crippen molar-refractivity contribution in [1.29, 1.82) is 0 Å². The second-order valence-corrected chi connectivity index (χ2v) is 6.31. The molecule has 0 saturated heterocycles. The highest BCUT2D eigenvalue weighted by Gasteiger charge is 2.12. The number of hydrogen-bond donors (Lipinski definition) is 2. The number of hydrogen-bond acceptors (Lipinski definition) is 5. The Hall–Kier alpha value is -2.87. The normalized spacial score (nSPS) is 10.6. The van der Waals surface area contributed by atoms with Gasteiger partial charge in [0, 0.05) is 10.6 Å². The van der Waals surface area contributed by atoms with Crippen LogP contribution in [0.4, 0.5) is 15.8 Å². The first kappa shape index (κ1) is 18.9. The van der Waals surface area contributed by atoms with Crippen LogP contribution in [0.2, 0.25) is 0 Å². The lowest BCUT2D eigenvalue weighted by atomic mass is 10.0. The molecule has 0 bridgehead atoms. The minimum absolute atomic E-state index is 0.128. The van der Waals surface area contributed by atoms with Crippen molar-refractivity contribution in [2.75, 3.05) is 12.4 Å². The quantitative estimate of drug-likeness (QED) is 0.317. The summed E-state index contributed by atoms with van der Waals surface area (Å²) in [7, 11) is 1.43. The van der Waals surface area contributed by atoms with Crippen LogP contribution in [0.15, 0.2) is 71.6 Å². The molecule has 0 aliphatic rings. The van der Waals surface area contributed by atoms with Crippen LogP contribution in [0.25, 0.3) is 11.1 Å². The lowest BCUT2D eigenvalue weighted by Crippen LogP contribution is -2.03. The number of carboxylic acid groups (broad SMARTS) is 1. The third-order valence-electron chi connectivity index (χ3n) is 3.76. The number of aromatic carboxylic acids is 1. The molecular formula is C20H16FNO4S. The van der Waals surface area contributed by atoms with E-state index in [9.17, 15) is 14.3 Å². The maximum absolute atomic E-state index is 13.1. The molecule has 0 heterocycles. The standard InChI is InChI=1S/C20H16FNO4S/c1-25-26-27-17-9-2-13(3-10-17)14-4-11-18(20(23)24)19(12-14)22-16-7-5-15(21)6-8-16/h2-12,22H,1H3,(H,23,24). The van der Waals surface area contributed by atoms with Gasteiger partial charge >= 0.3 is 5.97 Å². The molecule has 3 rings (SSSR count). The first-order valence-corrected chi connectivity index (χ1v) is 8.68. The van der Waals surface area contributed by atoms with E-state index in [1.54, 1.807) is 30.3 Å². The van der Waals surface area contributed by atoms with Crippen molar-refractivity contribution in [2.24, 2.45) is 0 Å². The van der Waals surface area contributed by atoms with Crippen LogP contribution in [-0.4, -0.2) is 18.2 Å². The van der Waals surface area contributed by atoms with Gasteiger partial charge in [0.15, 0.2) is 0 Å². The number of carboxylic acids is 1. The second kappa shape index (κ2) is 8.68. The van der Waals surface area contributed by atoms with Gasteiger partial charge in [-0.1, -0.05) is 18.2 Å². The molecule has 0 amide bonds. The zero-order chi connectivity index (χ0) is 19.2. The van der Waals surface area contributed by atoms with Gasteiger partial charge in [-0.2, -0.15) is 4.33 Å². The van der Waals surface area contributed by atoms with E-state index in [1.165, 1.54) is 19.2 Å². The van der Waals surface area contributed by atoms with Gasteiger partial charge in [0.05, 0.1) is 30.4 Å². The molecule has 0 fully saturated rings. The third kappa shape index (κ3) is 4.85. The van der Waals surface area contributed by atoms with E-state index >= 15 is 0 Å². The van der Waals surface area contributed by atoms with Crippen molar-refractivity contribution in [2.45, 2.75) is 4.90 Å². The van der Waals surface area contributed by atoms with Crippen LogP contribution in [0.1, 0.15) is 10.4 Å². The molecule has 5 nitrogen and oxygen atoms in total. The summed E-state index contributed by atoms with van der Waals surface area (Å²) in [5.41, 5.74) is 2.90. The third-order valence-corrected chi connectivity index (χ3v) is 4.43. The van der Waals surface area contributed by atoms with Gasteiger partial charge in [-0.05, 0) is 59.7 Å². The summed E-state index contributed by atoms with van der Waals surface area (Å²) in [6.07, 6.45) is 0. The van der Waals surface area contributed by atoms with Crippen LogP contribution in [-0.2, 0) is 9.22 Å². The van der Waals surface area contributed by atoms with Crippen molar-refractivity contribution >= 4 is 29.4 Å². The Bertz CT molecular complexity index is 930. The number of nitrogens with one attached hydrogen (secondary N) is 1. The number of benzene rings is 3. The summed E-state index contributed by atoms with van der Waals surface area (Å²) in [5, 5.41) is 12.5. The van der Waals surface area contributed by atoms with E-state index < -0.39 is 5.97 Å². The van der Waals surface area contributed by atoms with Crippen molar-refractivity contribution in [3.05, 3.63) is 78.1 Å². The van der Waals surface area contributed by atoms with E-state index in [4.69, 9.17) is 4.33 Å². The highest BCUT2D eigenvalue weighted by Crippen LogP contribution is 2.30. The molecule has 7 heteroatoms. The fourth-order valence-electron chi connectivity index (χ4n) is 2.48. The smallest absolute Gasteiger partial charge is 0.337 e. The minimum atomic E-state index is -1.05. The highest BCUT2D eigenvalue weighted by atomic mass is 32.2. The zero-order valence-corrected chi connectivity index (χ0v) is 15.1. The Morgan fingerprint density at radius 2 is 1.67 bits per heavy atom. The maximum Gasteiger partial charge on any atom is 0.337 e. The van der Waals surface area contributed by atoms with Gasteiger partial charge in [0.25, 0.3) is 0 Å². The minimum Gasteiger partial charge on any atom is -0.478 e. The SMILES string of the molecule is COOSc1ccc(-c2ccc(C(=O)O)c(Nc3ccc(F)cc3)c2)cc1. The fourth-order valence-corrected chi connectivity index (χ4v) is 2.87. The van der Waals surface area contributed by atoms with Gasteiger partial charge < -0.3 is 10.4 Å². The van der Waals surface area contributed by atoms with Crippen molar-refractivity contribution in [3.8, 4) is 11.1 Å². The molecule has 2 N–H and O–H groups in total. The molecule has 0 atom stereocenters. The summed E-state index contributed by atoms with van der Waals surface area (Å²) in [6, 6.07) is 18.3. The first-order chi connectivity index (χ1) is 13.1. The second-order valence-electron chi connectivity index (χ2n) is 5.54. The molecule has 3 aromatic rings. The van der Waals surface area contributed by atoms with Crippen LogP contribution < -0.4 is 5.32 Å². The Morgan fingerprint density at radius 1 is 1.00 bits per heavy atom. The molecule has 0 saturated carbocycles. The van der Waals surface area contributed by atoms with Crippen molar-refractivity contribution in [1.82, 2.24) is 0 Å². The molecule has 138 valence electrons. The predicted octanol–water partition coefficient (Wildman–Crippen LogP) is 5.52. The molecule has 0 unspecified atom stereocenters. The number of carbonyl (C=O) groups is 1. The summed E-state index contributed by atoms with van der Waals surface area (Å²) >= 11 is 1.09. The number of halogens is 1. The van der Waals surface area contributed by atoms with Gasteiger partial charge in [0.1, 0.15) is 5.82 Å². The fraction of sp³-hybridized carbons (Fsp3) is 0.0500. The largest absolute Gasteiger partial charge is 0.478 e. The van der Waals surface area contributed by atoms with Crippen molar-refractivity contribution < 1.29 is 23.5 Å². The van der Waals surface area contributed by atoms with E-state index in [0.29, 0.717) is 11.4 Å². The molecule has 0 spiro atoms. The predicted molar refractivity (Wildman–Crippen MR) is 102 cm³/mol. The molecule has 0 aromatic heterocycles. The van der Waals surface area contributed by atoms with E-state index in [0.717, 1.165) is 28.1 Å². The molecule has 0 aliphatic heterocycles. The average molecular weight is 385 g/mol. The van der Waals surface area contributed by atoms with Crippen LogP contribution in [0.5, 0.6) is 0 Å². The summed E-state index contributed by atoms with van der Waals surface area (Å²) in [4.78, 5) is 16.9. The monoisotopic (exact) mass is 385 g/mol. The molecule has 27 heavy (non-hydrogen) atoms. The number of rotatable bonds is 7. The Morgan fingerprint density at radius 3 is 2.30 bits per heavy atom. The van der Waals surface area contributed by atoms with Crippen LogP contribution in [0.3, 0.4) is 0 Å². The Balaban J connectivity index is 1.90. The lowest BCUT2D eigenvalue weighted by Gasteiger charge is -2.12. The molecular weight excluding hydrogens is 369 g/mol. The zero-order valence-electron chi connectivity index (χ0n) is 14.3. The summed E-state index contributed by atoms with van der Waals surface area (Å²) in [6.45, 7) is 0. The van der Waals surface area contributed by atoms with Crippen LogP contribution in [0, 0.1) is 5.82 Å². The van der Waals surface area contributed by atoms with E-state index in [2.05, 4.69) is 10.2 Å². The lowest BCUT2D eigenvalue weighted by molar-refractivity contribution is -0.160. The first-order valence-electron chi connectivity index (χ1n) is 7.94. The van der Waals surface area contributed by atoms with Gasteiger partial charge in [-0.3, -0.25) is 0 Å². The topological polar surface area (TPSA) is 67.8 Å².